The van der Waals surface area contributed by atoms with Crippen molar-refractivity contribution < 1.29 is 0 Å². The van der Waals surface area contributed by atoms with Gasteiger partial charge in [0.05, 0.1) is 11.3 Å². The van der Waals surface area contributed by atoms with Gasteiger partial charge in [0.2, 0.25) is 0 Å². The van der Waals surface area contributed by atoms with Crippen molar-refractivity contribution >= 4 is 0 Å². The molecule has 0 atom stereocenters. The van der Waals surface area contributed by atoms with Crippen LogP contribution in [0.1, 0.15) is 30.0 Å². The Kier molecular flexibility index (Phi) is 2.47. The molecule has 0 radical (unpaired) electrons. The maximum absolute atomic E-state index is 8.90. The Labute approximate surface area is 83.6 Å². The third-order valence-electron chi connectivity index (χ3n) is 2.91. The summed E-state index contributed by atoms with van der Waals surface area (Å²) < 4.78 is 0. The normalized spacial score (nSPS) is 25.1. The molecule has 1 aliphatic carbocycles. The lowest BCUT2D eigenvalue weighted by Crippen LogP contribution is -2.29. The molecule has 2 rings (SSSR count). The minimum Gasteiger partial charge on any atom is -0.330 e. The number of nitrogens with two attached hydrogens (primary N) is 1. The predicted molar refractivity (Wildman–Crippen MR) is 53.5 cm³/mol. The Balaban J connectivity index is 2.15. The molecule has 1 heterocycles. The van der Waals surface area contributed by atoms with Crippen LogP contribution < -0.4 is 5.73 Å². The number of hydrogen-bond donors (Lipinski definition) is 1. The number of aromatic nitrogens is 1. The molecule has 3 nitrogen and oxygen atoms in total. The Morgan fingerprint density at radius 3 is 3.00 bits per heavy atom. The summed E-state index contributed by atoms with van der Waals surface area (Å²) in [5, 5.41) is 8.90. The van der Waals surface area contributed by atoms with E-state index in [0.29, 0.717) is 17.4 Å². The molecule has 1 saturated carbocycles. The Bertz CT molecular complexity index is 361. The number of pyridine rings is 1. The highest BCUT2D eigenvalue weighted by Crippen LogP contribution is 2.40. The third kappa shape index (κ3) is 1.49. The van der Waals surface area contributed by atoms with E-state index in [1.165, 1.54) is 0 Å². The lowest BCUT2D eigenvalue weighted by atomic mass is 9.72. The second-order valence-corrected chi connectivity index (χ2v) is 3.82. The van der Waals surface area contributed by atoms with Crippen molar-refractivity contribution in [2.75, 3.05) is 6.54 Å². The molecule has 1 fully saturated rings. The van der Waals surface area contributed by atoms with Gasteiger partial charge in [-0.2, -0.15) is 5.26 Å². The van der Waals surface area contributed by atoms with Gasteiger partial charge in [-0.3, -0.25) is 4.98 Å². The zero-order chi connectivity index (χ0) is 9.97. The molecule has 0 aromatic carbocycles. The fraction of sp³-hybridized carbons (Fsp3) is 0.455. The van der Waals surface area contributed by atoms with Gasteiger partial charge in [-0.25, -0.2) is 0 Å². The van der Waals surface area contributed by atoms with Gasteiger partial charge >= 0.3 is 0 Å². The Morgan fingerprint density at radius 1 is 1.57 bits per heavy atom. The predicted octanol–water partition coefficient (Wildman–Crippen LogP) is 1.41. The van der Waals surface area contributed by atoms with Crippen LogP contribution in [0, 0.1) is 17.2 Å². The average molecular weight is 187 g/mol. The summed E-state index contributed by atoms with van der Waals surface area (Å²) in [7, 11) is 0. The summed E-state index contributed by atoms with van der Waals surface area (Å²) in [4.78, 5) is 4.28. The minimum absolute atomic E-state index is 0.458. The fourth-order valence-electron chi connectivity index (χ4n) is 1.99. The summed E-state index contributed by atoms with van der Waals surface area (Å²) in [6, 6.07) is 5.82. The molecule has 0 saturated heterocycles. The van der Waals surface area contributed by atoms with Gasteiger partial charge in [0.15, 0.2) is 0 Å². The quantitative estimate of drug-likeness (QED) is 0.761. The Hall–Kier alpha value is -1.40. The molecular formula is C11H13N3. The van der Waals surface area contributed by atoms with Crippen molar-refractivity contribution in [3.05, 3.63) is 29.6 Å². The van der Waals surface area contributed by atoms with Crippen molar-refractivity contribution in [3.63, 3.8) is 0 Å². The molecule has 0 unspecified atom stereocenters. The molecule has 1 aromatic heterocycles. The van der Waals surface area contributed by atoms with E-state index < -0.39 is 0 Å². The molecule has 1 aromatic rings. The molecule has 0 spiro atoms. The van der Waals surface area contributed by atoms with Crippen LogP contribution in [0.5, 0.6) is 0 Å². The van der Waals surface area contributed by atoms with Gasteiger partial charge in [-0.05, 0) is 37.4 Å². The number of nitrogens with zero attached hydrogens (tertiary/aromatic N) is 2. The molecule has 3 heteroatoms. The SMILES string of the molecule is N#Cc1cccnc1C1CC(CN)C1. The fourth-order valence-corrected chi connectivity index (χ4v) is 1.99. The topological polar surface area (TPSA) is 62.7 Å². The van der Waals surface area contributed by atoms with Gasteiger partial charge in [-0.1, -0.05) is 0 Å². The van der Waals surface area contributed by atoms with Gasteiger partial charge < -0.3 is 5.73 Å². The highest BCUT2D eigenvalue weighted by atomic mass is 14.7. The maximum Gasteiger partial charge on any atom is 0.101 e. The molecule has 14 heavy (non-hydrogen) atoms. The molecule has 72 valence electrons. The van der Waals surface area contributed by atoms with E-state index in [0.717, 1.165) is 25.1 Å². The van der Waals surface area contributed by atoms with Gasteiger partial charge in [0.1, 0.15) is 6.07 Å². The molecule has 2 N–H and O–H groups in total. The molecular weight excluding hydrogens is 174 g/mol. The Morgan fingerprint density at radius 2 is 2.36 bits per heavy atom. The van der Waals surface area contributed by atoms with Crippen LogP contribution >= 0.6 is 0 Å². The molecule has 0 amide bonds. The molecule has 0 bridgehead atoms. The first kappa shape index (κ1) is 9.17. The van der Waals surface area contributed by atoms with Crippen molar-refractivity contribution in [2.24, 2.45) is 11.7 Å². The van der Waals surface area contributed by atoms with E-state index in [2.05, 4.69) is 11.1 Å². The summed E-state index contributed by atoms with van der Waals surface area (Å²) in [6.07, 6.45) is 3.93. The van der Waals surface area contributed by atoms with Gasteiger partial charge in [0, 0.05) is 12.1 Å². The van der Waals surface area contributed by atoms with E-state index in [9.17, 15) is 0 Å². The average Bonchev–Trinajstić information content (AvgIpc) is 2.17. The first-order valence-corrected chi connectivity index (χ1v) is 4.90. The number of nitriles is 1. The van der Waals surface area contributed by atoms with Crippen molar-refractivity contribution in [1.29, 1.82) is 5.26 Å². The van der Waals surface area contributed by atoms with Crippen LogP contribution in [0.2, 0.25) is 0 Å². The van der Waals surface area contributed by atoms with E-state index in [-0.39, 0.29) is 0 Å². The first-order chi connectivity index (χ1) is 6.85. The summed E-state index contributed by atoms with van der Waals surface area (Å²) in [5.74, 6) is 1.09. The first-order valence-electron chi connectivity index (χ1n) is 4.90. The maximum atomic E-state index is 8.90. The largest absolute Gasteiger partial charge is 0.330 e. The second kappa shape index (κ2) is 3.77. The summed E-state index contributed by atoms with van der Waals surface area (Å²) in [6.45, 7) is 0.755. The van der Waals surface area contributed by atoms with E-state index >= 15 is 0 Å². The smallest absolute Gasteiger partial charge is 0.101 e. The van der Waals surface area contributed by atoms with Crippen molar-refractivity contribution in [2.45, 2.75) is 18.8 Å². The zero-order valence-electron chi connectivity index (χ0n) is 7.98. The van der Waals surface area contributed by atoms with Crippen LogP contribution in [0.4, 0.5) is 0 Å². The summed E-state index contributed by atoms with van der Waals surface area (Å²) in [5.41, 5.74) is 7.23. The van der Waals surface area contributed by atoms with Crippen LogP contribution in [0.15, 0.2) is 18.3 Å². The third-order valence-corrected chi connectivity index (χ3v) is 2.91. The minimum atomic E-state index is 0.458. The monoisotopic (exact) mass is 187 g/mol. The van der Waals surface area contributed by atoms with Gasteiger partial charge in [-0.15, -0.1) is 0 Å². The lowest BCUT2D eigenvalue weighted by Gasteiger charge is -2.34. The summed E-state index contributed by atoms with van der Waals surface area (Å²) >= 11 is 0. The second-order valence-electron chi connectivity index (χ2n) is 3.82. The molecule has 1 aliphatic rings. The van der Waals surface area contributed by atoms with Crippen LogP contribution in [-0.4, -0.2) is 11.5 Å². The number of hydrogen-bond acceptors (Lipinski definition) is 3. The zero-order valence-corrected chi connectivity index (χ0v) is 7.98. The highest BCUT2D eigenvalue weighted by molar-refractivity contribution is 5.35. The number of rotatable bonds is 2. The van der Waals surface area contributed by atoms with Crippen molar-refractivity contribution in [1.82, 2.24) is 4.98 Å². The van der Waals surface area contributed by atoms with E-state index in [1.54, 1.807) is 12.3 Å². The standard InChI is InChI=1S/C11H13N3/c12-6-8-4-10(5-8)11-9(7-13)2-1-3-14-11/h1-3,8,10H,4-6,12H2. The highest BCUT2D eigenvalue weighted by Gasteiger charge is 2.31. The van der Waals surface area contributed by atoms with Crippen LogP contribution in [0.25, 0.3) is 0 Å². The van der Waals surface area contributed by atoms with E-state index in [1.807, 2.05) is 6.07 Å². The van der Waals surface area contributed by atoms with Crippen molar-refractivity contribution in [3.8, 4) is 6.07 Å². The van der Waals surface area contributed by atoms with Crippen LogP contribution in [-0.2, 0) is 0 Å². The van der Waals surface area contributed by atoms with Crippen LogP contribution in [0.3, 0.4) is 0 Å². The van der Waals surface area contributed by atoms with E-state index in [4.69, 9.17) is 11.0 Å². The lowest BCUT2D eigenvalue weighted by molar-refractivity contribution is 0.267. The molecule has 0 aliphatic heterocycles. The van der Waals surface area contributed by atoms with Gasteiger partial charge in [0.25, 0.3) is 0 Å².